The second-order valence-electron chi connectivity index (χ2n) is 4.35. The highest BCUT2D eigenvalue weighted by Gasteiger charge is 2.00. The van der Waals surface area contributed by atoms with Gasteiger partial charge in [0.15, 0.2) is 0 Å². The Hall–Kier alpha value is -2.34. The van der Waals surface area contributed by atoms with Gasteiger partial charge in [-0.3, -0.25) is 0 Å². The second-order valence-corrected chi connectivity index (χ2v) is 4.35. The quantitative estimate of drug-likeness (QED) is 0.549. The first kappa shape index (κ1) is 14.1. The van der Waals surface area contributed by atoms with Gasteiger partial charge in [-0.1, -0.05) is 12.1 Å². The fourth-order valence-corrected chi connectivity index (χ4v) is 1.86. The molecule has 6 nitrogen and oxygen atoms in total. The van der Waals surface area contributed by atoms with E-state index in [1.165, 1.54) is 5.56 Å². The fourth-order valence-electron chi connectivity index (χ4n) is 1.86. The van der Waals surface area contributed by atoms with Gasteiger partial charge in [-0.05, 0) is 31.0 Å². The van der Waals surface area contributed by atoms with Gasteiger partial charge in [0.2, 0.25) is 0 Å². The van der Waals surface area contributed by atoms with E-state index in [4.69, 9.17) is 10.6 Å². The summed E-state index contributed by atoms with van der Waals surface area (Å²) in [7, 11) is 1.66. The monoisotopic (exact) mass is 273 g/mol. The van der Waals surface area contributed by atoms with Crippen LogP contribution in [0.5, 0.6) is 5.75 Å². The molecule has 2 rings (SSSR count). The molecule has 1 heterocycles. The van der Waals surface area contributed by atoms with Crippen LogP contribution in [0.2, 0.25) is 0 Å². The summed E-state index contributed by atoms with van der Waals surface area (Å²) in [6, 6.07) is 9.81. The molecule has 20 heavy (non-hydrogen) atoms. The van der Waals surface area contributed by atoms with Crippen molar-refractivity contribution in [2.45, 2.75) is 13.3 Å². The zero-order valence-corrected chi connectivity index (χ0v) is 11.7. The number of rotatable bonds is 6. The number of hydrazine groups is 1. The number of hydrogen-bond acceptors (Lipinski definition) is 6. The van der Waals surface area contributed by atoms with Gasteiger partial charge in [0.1, 0.15) is 23.2 Å². The summed E-state index contributed by atoms with van der Waals surface area (Å²) in [5, 5.41) is 3.26. The Labute approximate surface area is 118 Å². The second kappa shape index (κ2) is 6.72. The van der Waals surface area contributed by atoms with Crippen LogP contribution in [-0.2, 0) is 6.42 Å². The van der Waals surface area contributed by atoms with Crippen molar-refractivity contribution in [2.75, 3.05) is 24.4 Å². The zero-order valence-electron chi connectivity index (χ0n) is 11.7. The number of anilines is 2. The zero-order chi connectivity index (χ0) is 14.4. The van der Waals surface area contributed by atoms with Crippen LogP contribution < -0.4 is 21.3 Å². The lowest BCUT2D eigenvalue weighted by Crippen LogP contribution is -2.12. The first-order valence-corrected chi connectivity index (χ1v) is 6.40. The minimum atomic E-state index is 0.601. The van der Waals surface area contributed by atoms with Crippen molar-refractivity contribution in [3.63, 3.8) is 0 Å². The van der Waals surface area contributed by atoms with Crippen molar-refractivity contribution in [1.29, 1.82) is 0 Å². The minimum Gasteiger partial charge on any atom is -0.497 e. The van der Waals surface area contributed by atoms with Crippen LogP contribution in [-0.4, -0.2) is 23.6 Å². The highest BCUT2D eigenvalue weighted by molar-refractivity contribution is 5.46. The van der Waals surface area contributed by atoms with Gasteiger partial charge in [0.25, 0.3) is 0 Å². The van der Waals surface area contributed by atoms with Gasteiger partial charge in [-0.15, -0.1) is 0 Å². The molecule has 0 bridgehead atoms. The first-order valence-electron chi connectivity index (χ1n) is 6.40. The molecule has 4 N–H and O–H groups in total. The van der Waals surface area contributed by atoms with Crippen LogP contribution in [0, 0.1) is 6.92 Å². The molecule has 0 unspecified atom stereocenters. The lowest BCUT2D eigenvalue weighted by atomic mass is 10.1. The lowest BCUT2D eigenvalue weighted by molar-refractivity contribution is 0.414. The van der Waals surface area contributed by atoms with E-state index >= 15 is 0 Å². The number of nitrogens with two attached hydrogens (primary N) is 1. The van der Waals surface area contributed by atoms with Crippen molar-refractivity contribution in [3.8, 4) is 5.75 Å². The molecule has 0 aliphatic heterocycles. The number of nitrogen functional groups attached to an aromatic ring is 1. The van der Waals surface area contributed by atoms with E-state index in [2.05, 4.69) is 32.8 Å². The molecular formula is C14H19N5O. The van der Waals surface area contributed by atoms with Crippen molar-refractivity contribution < 1.29 is 4.74 Å². The normalized spacial score (nSPS) is 10.2. The van der Waals surface area contributed by atoms with Gasteiger partial charge in [-0.25, -0.2) is 15.8 Å². The van der Waals surface area contributed by atoms with Crippen LogP contribution in [0.3, 0.4) is 0 Å². The molecule has 0 aliphatic carbocycles. The van der Waals surface area contributed by atoms with E-state index in [-0.39, 0.29) is 0 Å². The van der Waals surface area contributed by atoms with E-state index in [0.29, 0.717) is 11.6 Å². The molecule has 1 aromatic heterocycles. The Morgan fingerprint density at radius 1 is 1.15 bits per heavy atom. The number of benzene rings is 1. The van der Waals surface area contributed by atoms with Crippen LogP contribution in [0.1, 0.15) is 11.4 Å². The lowest BCUT2D eigenvalue weighted by Gasteiger charge is -2.08. The summed E-state index contributed by atoms with van der Waals surface area (Å²) >= 11 is 0. The van der Waals surface area contributed by atoms with E-state index in [9.17, 15) is 0 Å². The number of methoxy groups -OCH3 is 1. The smallest absolute Gasteiger partial charge is 0.145 e. The number of aryl methyl sites for hydroxylation is 1. The third-order valence-corrected chi connectivity index (χ3v) is 2.86. The Kier molecular flexibility index (Phi) is 4.73. The highest BCUT2D eigenvalue weighted by Crippen LogP contribution is 2.13. The molecule has 0 aliphatic rings. The highest BCUT2D eigenvalue weighted by atomic mass is 16.5. The molecule has 1 aromatic carbocycles. The third kappa shape index (κ3) is 3.83. The maximum Gasteiger partial charge on any atom is 0.145 e. The molecule has 0 fully saturated rings. The van der Waals surface area contributed by atoms with Gasteiger partial charge in [0.05, 0.1) is 7.11 Å². The topological polar surface area (TPSA) is 85.1 Å². The maximum absolute atomic E-state index is 5.35. The average molecular weight is 273 g/mol. The third-order valence-electron chi connectivity index (χ3n) is 2.86. The maximum atomic E-state index is 5.35. The van der Waals surface area contributed by atoms with Crippen LogP contribution in [0.15, 0.2) is 30.3 Å². The average Bonchev–Trinajstić information content (AvgIpc) is 2.47. The fraction of sp³-hybridized carbons (Fsp3) is 0.286. The molecule has 0 atom stereocenters. The largest absolute Gasteiger partial charge is 0.497 e. The Morgan fingerprint density at radius 2 is 1.85 bits per heavy atom. The Bertz CT molecular complexity index is 556. The standard InChI is InChI=1S/C14H19N5O/c1-10-17-13(9-14(18-10)19-15)16-8-7-11-3-5-12(20-2)6-4-11/h3-6,9H,7-8,15H2,1-2H3,(H2,16,17,18,19). The Morgan fingerprint density at radius 3 is 2.50 bits per heavy atom. The Balaban J connectivity index is 1.90. The summed E-state index contributed by atoms with van der Waals surface area (Å²) in [4.78, 5) is 8.44. The summed E-state index contributed by atoms with van der Waals surface area (Å²) in [5.41, 5.74) is 3.76. The van der Waals surface area contributed by atoms with Gasteiger partial charge >= 0.3 is 0 Å². The summed E-state index contributed by atoms with van der Waals surface area (Å²) in [6.45, 7) is 2.61. The predicted molar refractivity (Wildman–Crippen MR) is 79.8 cm³/mol. The van der Waals surface area contributed by atoms with Gasteiger partial charge in [-0.2, -0.15) is 0 Å². The van der Waals surface area contributed by atoms with Gasteiger partial charge in [0, 0.05) is 12.6 Å². The number of aromatic nitrogens is 2. The molecule has 6 heteroatoms. The van der Waals surface area contributed by atoms with E-state index in [1.807, 2.05) is 19.1 Å². The SMILES string of the molecule is COc1ccc(CCNc2cc(NN)nc(C)n2)cc1. The van der Waals surface area contributed by atoms with Gasteiger partial charge < -0.3 is 15.5 Å². The molecule has 106 valence electrons. The molecule has 0 radical (unpaired) electrons. The molecule has 2 aromatic rings. The van der Waals surface area contributed by atoms with Crippen molar-refractivity contribution >= 4 is 11.6 Å². The van der Waals surface area contributed by atoms with Crippen molar-refractivity contribution in [2.24, 2.45) is 5.84 Å². The van der Waals surface area contributed by atoms with Crippen LogP contribution >= 0.6 is 0 Å². The first-order chi connectivity index (χ1) is 9.71. The minimum absolute atomic E-state index is 0.601. The summed E-state index contributed by atoms with van der Waals surface area (Å²) in [6.07, 6.45) is 0.901. The predicted octanol–water partition coefficient (Wildman–Crippen LogP) is 1.73. The van der Waals surface area contributed by atoms with E-state index < -0.39 is 0 Å². The van der Waals surface area contributed by atoms with E-state index in [1.54, 1.807) is 13.2 Å². The molecular weight excluding hydrogens is 254 g/mol. The van der Waals surface area contributed by atoms with Crippen molar-refractivity contribution in [1.82, 2.24) is 9.97 Å². The number of nitrogens with one attached hydrogen (secondary N) is 2. The number of ether oxygens (including phenoxy) is 1. The van der Waals surface area contributed by atoms with Crippen LogP contribution in [0.25, 0.3) is 0 Å². The van der Waals surface area contributed by atoms with Crippen molar-refractivity contribution in [3.05, 3.63) is 41.7 Å². The molecule has 0 spiro atoms. The van der Waals surface area contributed by atoms with Crippen LogP contribution in [0.4, 0.5) is 11.6 Å². The summed E-state index contributed by atoms with van der Waals surface area (Å²) < 4.78 is 5.13. The molecule has 0 saturated heterocycles. The molecule has 0 amide bonds. The number of hydrogen-bond donors (Lipinski definition) is 3. The molecule has 0 saturated carbocycles. The number of nitrogens with zero attached hydrogens (tertiary/aromatic N) is 2. The van der Waals surface area contributed by atoms with E-state index in [0.717, 1.165) is 24.5 Å². The summed E-state index contributed by atoms with van der Waals surface area (Å²) in [5.74, 6) is 8.26.